The van der Waals surface area contributed by atoms with Gasteiger partial charge in [-0.05, 0) is 43.6 Å². The normalized spacial score (nSPS) is 14.9. The molecule has 1 aromatic heterocycles. The number of hydrogen-bond donors (Lipinski definition) is 1. The third kappa shape index (κ3) is 4.15. The number of nitrogens with one attached hydrogen (secondary N) is 1. The molecule has 1 aliphatic heterocycles. The second-order valence-electron chi connectivity index (χ2n) is 6.35. The Kier molecular flexibility index (Phi) is 5.02. The number of hydrogen-bond acceptors (Lipinski definition) is 6. The summed E-state index contributed by atoms with van der Waals surface area (Å²) in [5.41, 5.74) is 5.90. The lowest BCUT2D eigenvalue weighted by molar-refractivity contribution is 0.268. The predicted octanol–water partition coefficient (Wildman–Crippen LogP) is 3.78. The van der Waals surface area contributed by atoms with Gasteiger partial charge in [-0.15, -0.1) is 0 Å². The Bertz CT molecular complexity index is 851. The molecule has 26 heavy (non-hydrogen) atoms. The number of anilines is 1. The van der Waals surface area contributed by atoms with E-state index in [-0.39, 0.29) is 0 Å². The molecule has 4 rings (SSSR count). The van der Waals surface area contributed by atoms with Crippen molar-refractivity contribution < 1.29 is 4.52 Å². The van der Waals surface area contributed by atoms with E-state index in [9.17, 15) is 0 Å². The van der Waals surface area contributed by atoms with E-state index < -0.39 is 0 Å². The highest BCUT2D eigenvalue weighted by molar-refractivity contribution is 5.81. The van der Waals surface area contributed by atoms with Gasteiger partial charge in [0.1, 0.15) is 0 Å². The van der Waals surface area contributed by atoms with Crippen LogP contribution in [0.4, 0.5) is 5.69 Å². The molecule has 2 heterocycles. The Hall–Kier alpha value is -2.99. The van der Waals surface area contributed by atoms with Crippen LogP contribution in [0.25, 0.3) is 11.4 Å². The Morgan fingerprint density at radius 2 is 1.81 bits per heavy atom. The van der Waals surface area contributed by atoms with Gasteiger partial charge >= 0.3 is 0 Å². The van der Waals surface area contributed by atoms with E-state index in [1.165, 1.54) is 12.8 Å². The van der Waals surface area contributed by atoms with Crippen LogP contribution in [-0.2, 0) is 6.54 Å². The van der Waals surface area contributed by atoms with Gasteiger partial charge in [0.25, 0.3) is 0 Å². The summed E-state index contributed by atoms with van der Waals surface area (Å²) in [6.45, 7) is 2.97. The van der Waals surface area contributed by atoms with Gasteiger partial charge in [0.05, 0.1) is 18.4 Å². The first-order valence-corrected chi connectivity index (χ1v) is 8.86. The molecular formula is C20H21N5O. The first-order valence-electron chi connectivity index (χ1n) is 8.86. The number of benzene rings is 2. The van der Waals surface area contributed by atoms with Crippen molar-refractivity contribution >= 4 is 11.9 Å². The highest BCUT2D eigenvalue weighted by Crippen LogP contribution is 2.18. The first kappa shape index (κ1) is 16.5. The maximum atomic E-state index is 5.39. The van der Waals surface area contributed by atoms with Gasteiger partial charge < -0.3 is 4.52 Å². The molecule has 1 saturated heterocycles. The summed E-state index contributed by atoms with van der Waals surface area (Å²) < 4.78 is 5.39. The fourth-order valence-corrected chi connectivity index (χ4v) is 2.98. The van der Waals surface area contributed by atoms with E-state index in [4.69, 9.17) is 4.52 Å². The van der Waals surface area contributed by atoms with Gasteiger partial charge in [-0.3, -0.25) is 10.3 Å². The Morgan fingerprint density at radius 3 is 2.58 bits per heavy atom. The van der Waals surface area contributed by atoms with Crippen molar-refractivity contribution in [3.05, 3.63) is 66.1 Å². The minimum absolute atomic E-state index is 0.630. The van der Waals surface area contributed by atoms with Crippen molar-refractivity contribution in [2.24, 2.45) is 5.10 Å². The molecule has 0 unspecified atom stereocenters. The summed E-state index contributed by atoms with van der Waals surface area (Å²) in [4.78, 5) is 6.85. The summed E-state index contributed by atoms with van der Waals surface area (Å²) in [6.07, 6.45) is 4.29. The molecule has 1 aliphatic rings. The van der Waals surface area contributed by atoms with Crippen molar-refractivity contribution in [1.29, 1.82) is 0 Å². The highest BCUT2D eigenvalue weighted by Gasteiger charge is 2.16. The molecule has 3 aromatic rings. The smallest absolute Gasteiger partial charge is 0.241 e. The zero-order valence-corrected chi connectivity index (χ0v) is 14.5. The number of aromatic nitrogens is 2. The van der Waals surface area contributed by atoms with Crippen molar-refractivity contribution in [1.82, 2.24) is 15.0 Å². The summed E-state index contributed by atoms with van der Waals surface area (Å²) in [7, 11) is 0. The Morgan fingerprint density at radius 1 is 1.04 bits per heavy atom. The lowest BCUT2D eigenvalue weighted by atomic mass is 10.1. The SMILES string of the molecule is C(=NNc1ccccc1)c1ccc(-c2noc(CN3CCCC3)n2)cc1. The van der Waals surface area contributed by atoms with Gasteiger partial charge in [-0.2, -0.15) is 10.1 Å². The maximum absolute atomic E-state index is 5.39. The molecule has 0 bridgehead atoms. The topological polar surface area (TPSA) is 66.6 Å². The van der Waals surface area contributed by atoms with E-state index in [2.05, 4.69) is 25.6 Å². The molecule has 0 aliphatic carbocycles. The van der Waals surface area contributed by atoms with Gasteiger partial charge in [-0.1, -0.05) is 47.6 Å². The standard InChI is InChI=1S/C20H21N5O/c1-2-6-18(7-3-1)23-21-14-16-8-10-17(11-9-16)20-22-19(26-24-20)15-25-12-4-5-13-25/h1-3,6-11,14,23H,4-5,12-13,15H2. The van der Waals surface area contributed by atoms with Crippen LogP contribution in [0.3, 0.4) is 0 Å². The molecule has 0 saturated carbocycles. The summed E-state index contributed by atoms with van der Waals surface area (Å²) in [5, 5.41) is 8.35. The second kappa shape index (κ2) is 7.93. The van der Waals surface area contributed by atoms with Crippen LogP contribution in [0.5, 0.6) is 0 Å². The van der Waals surface area contributed by atoms with Crippen LogP contribution in [0.2, 0.25) is 0 Å². The average molecular weight is 347 g/mol. The van der Waals surface area contributed by atoms with Crippen LogP contribution in [-0.4, -0.2) is 34.3 Å². The number of para-hydroxylation sites is 1. The molecule has 6 heteroatoms. The molecule has 132 valence electrons. The monoisotopic (exact) mass is 347 g/mol. The van der Waals surface area contributed by atoms with Crippen LogP contribution < -0.4 is 5.43 Å². The van der Waals surface area contributed by atoms with E-state index >= 15 is 0 Å². The molecule has 1 N–H and O–H groups in total. The third-order valence-electron chi connectivity index (χ3n) is 4.38. The average Bonchev–Trinajstić information content (AvgIpc) is 3.36. The van der Waals surface area contributed by atoms with E-state index in [0.29, 0.717) is 11.7 Å². The zero-order chi connectivity index (χ0) is 17.6. The maximum Gasteiger partial charge on any atom is 0.241 e. The van der Waals surface area contributed by atoms with Crippen molar-refractivity contribution in [2.45, 2.75) is 19.4 Å². The minimum atomic E-state index is 0.630. The van der Waals surface area contributed by atoms with Crippen molar-refractivity contribution in [3.63, 3.8) is 0 Å². The fraction of sp³-hybridized carbons (Fsp3) is 0.250. The fourth-order valence-electron chi connectivity index (χ4n) is 2.98. The quantitative estimate of drug-likeness (QED) is 0.543. The molecule has 2 aromatic carbocycles. The van der Waals surface area contributed by atoms with E-state index in [0.717, 1.165) is 36.4 Å². The zero-order valence-electron chi connectivity index (χ0n) is 14.5. The van der Waals surface area contributed by atoms with Gasteiger partial charge in [0.2, 0.25) is 11.7 Å². The molecule has 1 fully saturated rings. The minimum Gasteiger partial charge on any atom is -0.338 e. The molecule has 0 spiro atoms. The Balaban J connectivity index is 1.37. The predicted molar refractivity (Wildman–Crippen MR) is 102 cm³/mol. The van der Waals surface area contributed by atoms with Crippen molar-refractivity contribution in [3.8, 4) is 11.4 Å². The highest BCUT2D eigenvalue weighted by atomic mass is 16.5. The lowest BCUT2D eigenvalue weighted by Crippen LogP contribution is -2.18. The summed E-state index contributed by atoms with van der Waals surface area (Å²) >= 11 is 0. The first-order chi connectivity index (χ1) is 12.9. The van der Waals surface area contributed by atoms with Crippen LogP contribution in [0.1, 0.15) is 24.3 Å². The van der Waals surface area contributed by atoms with Gasteiger partial charge in [0.15, 0.2) is 0 Å². The summed E-state index contributed by atoms with van der Waals surface area (Å²) in [5.74, 6) is 1.31. The van der Waals surface area contributed by atoms with Crippen LogP contribution >= 0.6 is 0 Å². The van der Waals surface area contributed by atoms with Crippen LogP contribution in [0.15, 0.2) is 64.2 Å². The summed E-state index contributed by atoms with van der Waals surface area (Å²) in [6, 6.07) is 17.8. The second-order valence-corrected chi connectivity index (χ2v) is 6.35. The Labute approximate surface area is 152 Å². The molecular weight excluding hydrogens is 326 g/mol. The molecule has 0 atom stereocenters. The number of rotatable bonds is 6. The lowest BCUT2D eigenvalue weighted by Gasteiger charge is -2.09. The van der Waals surface area contributed by atoms with Crippen LogP contribution in [0, 0.1) is 0 Å². The van der Waals surface area contributed by atoms with Crippen molar-refractivity contribution in [2.75, 3.05) is 18.5 Å². The largest absolute Gasteiger partial charge is 0.338 e. The van der Waals surface area contributed by atoms with E-state index in [1.54, 1.807) is 6.21 Å². The van der Waals surface area contributed by atoms with E-state index in [1.807, 2.05) is 54.6 Å². The molecule has 6 nitrogen and oxygen atoms in total. The molecule has 0 radical (unpaired) electrons. The van der Waals surface area contributed by atoms with Gasteiger partial charge in [0, 0.05) is 5.56 Å². The number of hydrazone groups is 1. The number of nitrogens with zero attached hydrogens (tertiary/aromatic N) is 4. The van der Waals surface area contributed by atoms with Gasteiger partial charge in [-0.25, -0.2) is 0 Å². The number of likely N-dealkylation sites (tertiary alicyclic amines) is 1. The molecule has 0 amide bonds. The third-order valence-corrected chi connectivity index (χ3v) is 4.38.